The van der Waals surface area contributed by atoms with Gasteiger partial charge in [-0.3, -0.25) is 4.79 Å². The molecular formula is C16H12ClNO2. The first kappa shape index (κ1) is 12.8. The Morgan fingerprint density at radius 2 is 2.05 bits per heavy atom. The molecule has 0 atom stereocenters. The Labute approximate surface area is 121 Å². The second kappa shape index (κ2) is 5.02. The number of ether oxygens (including phenoxy) is 1. The number of benzene rings is 2. The maximum absolute atomic E-state index is 11.4. The average Bonchev–Trinajstić information content (AvgIpc) is 2.85. The van der Waals surface area contributed by atoms with Gasteiger partial charge in [0.15, 0.2) is 6.29 Å². The molecule has 3 aromatic rings. The van der Waals surface area contributed by atoms with Gasteiger partial charge in [-0.1, -0.05) is 23.7 Å². The fourth-order valence-corrected chi connectivity index (χ4v) is 2.49. The molecule has 0 saturated heterocycles. The third-order valence-electron chi connectivity index (χ3n) is 3.28. The minimum atomic E-state index is 0.607. The van der Waals surface area contributed by atoms with Gasteiger partial charge in [0, 0.05) is 27.1 Å². The summed E-state index contributed by atoms with van der Waals surface area (Å²) < 4.78 is 5.22. The van der Waals surface area contributed by atoms with Gasteiger partial charge < -0.3 is 9.72 Å². The molecular weight excluding hydrogens is 274 g/mol. The Bertz CT molecular complexity index is 792. The number of nitrogens with one attached hydrogen (secondary N) is 1. The number of carbonyl (C=O) groups is 1. The number of H-pyrrole nitrogens is 1. The van der Waals surface area contributed by atoms with Crippen molar-refractivity contribution in [2.24, 2.45) is 0 Å². The number of aldehydes is 1. The summed E-state index contributed by atoms with van der Waals surface area (Å²) in [4.78, 5) is 14.7. The van der Waals surface area contributed by atoms with Crippen LogP contribution in [0.3, 0.4) is 0 Å². The Hall–Kier alpha value is -2.26. The molecule has 1 aromatic heterocycles. The largest absolute Gasteiger partial charge is 0.497 e. The topological polar surface area (TPSA) is 42.1 Å². The molecule has 0 aliphatic carbocycles. The van der Waals surface area contributed by atoms with Crippen LogP contribution in [0.1, 0.15) is 10.4 Å². The summed E-state index contributed by atoms with van der Waals surface area (Å²) in [5.74, 6) is 0.746. The number of rotatable bonds is 3. The molecule has 0 saturated carbocycles. The van der Waals surface area contributed by atoms with E-state index < -0.39 is 0 Å². The third kappa shape index (κ3) is 2.06. The van der Waals surface area contributed by atoms with Crippen LogP contribution in [0.25, 0.3) is 22.2 Å². The standard InChI is InChI=1S/C16H12ClNO2/c1-20-12-4-2-3-10(7-12)16-14(9-19)13-8-11(17)5-6-15(13)18-16/h2-9,18H,1H3. The molecule has 0 fully saturated rings. The predicted molar refractivity (Wildman–Crippen MR) is 80.7 cm³/mol. The van der Waals surface area contributed by atoms with E-state index >= 15 is 0 Å². The van der Waals surface area contributed by atoms with Crippen molar-refractivity contribution in [1.29, 1.82) is 0 Å². The number of aromatic nitrogens is 1. The molecule has 3 nitrogen and oxygen atoms in total. The van der Waals surface area contributed by atoms with Crippen molar-refractivity contribution in [3.05, 3.63) is 53.1 Å². The molecule has 0 unspecified atom stereocenters. The Kier molecular flexibility index (Phi) is 3.20. The minimum absolute atomic E-state index is 0.607. The van der Waals surface area contributed by atoms with E-state index in [1.165, 1.54) is 0 Å². The van der Waals surface area contributed by atoms with E-state index in [-0.39, 0.29) is 0 Å². The lowest BCUT2D eigenvalue weighted by atomic mass is 10.1. The summed E-state index contributed by atoms with van der Waals surface area (Å²) >= 11 is 6.00. The Balaban J connectivity index is 2.27. The van der Waals surface area contributed by atoms with Crippen LogP contribution < -0.4 is 4.74 Å². The van der Waals surface area contributed by atoms with Crippen LogP contribution in [0.5, 0.6) is 5.75 Å². The fraction of sp³-hybridized carbons (Fsp3) is 0.0625. The lowest BCUT2D eigenvalue weighted by Gasteiger charge is -2.03. The molecule has 1 N–H and O–H groups in total. The van der Waals surface area contributed by atoms with Crippen molar-refractivity contribution < 1.29 is 9.53 Å². The van der Waals surface area contributed by atoms with Crippen molar-refractivity contribution in [2.75, 3.05) is 7.11 Å². The van der Waals surface area contributed by atoms with Gasteiger partial charge >= 0.3 is 0 Å². The van der Waals surface area contributed by atoms with Gasteiger partial charge in [-0.05, 0) is 30.3 Å². The van der Waals surface area contributed by atoms with E-state index in [9.17, 15) is 4.79 Å². The molecule has 0 aliphatic heterocycles. The number of methoxy groups -OCH3 is 1. The van der Waals surface area contributed by atoms with E-state index in [0.29, 0.717) is 10.6 Å². The van der Waals surface area contributed by atoms with E-state index in [0.717, 1.165) is 34.2 Å². The van der Waals surface area contributed by atoms with Crippen molar-refractivity contribution in [1.82, 2.24) is 4.98 Å². The number of halogens is 1. The number of aromatic amines is 1. The van der Waals surface area contributed by atoms with E-state index in [2.05, 4.69) is 4.98 Å². The Morgan fingerprint density at radius 3 is 2.80 bits per heavy atom. The second-order valence-corrected chi connectivity index (χ2v) is 4.89. The van der Waals surface area contributed by atoms with Crippen LogP contribution in [-0.2, 0) is 0 Å². The summed E-state index contributed by atoms with van der Waals surface area (Å²) in [5, 5.41) is 1.43. The lowest BCUT2D eigenvalue weighted by Crippen LogP contribution is -1.87. The van der Waals surface area contributed by atoms with Gasteiger partial charge in [0.05, 0.1) is 12.8 Å². The van der Waals surface area contributed by atoms with Gasteiger partial charge in [0.25, 0.3) is 0 Å². The molecule has 0 radical (unpaired) electrons. The molecule has 0 bridgehead atoms. The first-order valence-electron chi connectivity index (χ1n) is 6.14. The normalized spacial score (nSPS) is 10.7. The predicted octanol–water partition coefficient (Wildman–Crippen LogP) is 4.31. The van der Waals surface area contributed by atoms with E-state index in [1.54, 1.807) is 19.2 Å². The summed E-state index contributed by atoms with van der Waals surface area (Å²) in [6, 6.07) is 13.0. The van der Waals surface area contributed by atoms with Crippen LogP contribution in [0, 0.1) is 0 Å². The molecule has 2 aromatic carbocycles. The zero-order chi connectivity index (χ0) is 14.1. The summed E-state index contributed by atoms with van der Waals surface area (Å²) in [6.07, 6.45) is 0.851. The quantitative estimate of drug-likeness (QED) is 0.729. The van der Waals surface area contributed by atoms with Crippen LogP contribution in [-0.4, -0.2) is 18.4 Å². The first-order chi connectivity index (χ1) is 9.72. The molecule has 0 aliphatic rings. The van der Waals surface area contributed by atoms with Crippen LogP contribution in [0.15, 0.2) is 42.5 Å². The number of fused-ring (bicyclic) bond motifs is 1. The van der Waals surface area contributed by atoms with Gasteiger partial charge in [-0.2, -0.15) is 0 Å². The third-order valence-corrected chi connectivity index (χ3v) is 3.51. The zero-order valence-electron chi connectivity index (χ0n) is 10.8. The van der Waals surface area contributed by atoms with Crippen LogP contribution in [0.2, 0.25) is 5.02 Å². The average molecular weight is 286 g/mol. The highest BCUT2D eigenvalue weighted by Gasteiger charge is 2.13. The maximum Gasteiger partial charge on any atom is 0.152 e. The van der Waals surface area contributed by atoms with Crippen LogP contribution in [0.4, 0.5) is 0 Å². The van der Waals surface area contributed by atoms with Crippen molar-refractivity contribution >= 4 is 28.8 Å². The van der Waals surface area contributed by atoms with Gasteiger partial charge in [0.2, 0.25) is 0 Å². The first-order valence-corrected chi connectivity index (χ1v) is 6.51. The molecule has 0 spiro atoms. The van der Waals surface area contributed by atoms with Crippen molar-refractivity contribution in [3.63, 3.8) is 0 Å². The monoisotopic (exact) mass is 285 g/mol. The zero-order valence-corrected chi connectivity index (χ0v) is 11.6. The molecule has 3 rings (SSSR count). The summed E-state index contributed by atoms with van der Waals surface area (Å²) in [5.41, 5.74) is 3.17. The maximum atomic E-state index is 11.4. The fourth-order valence-electron chi connectivity index (χ4n) is 2.31. The van der Waals surface area contributed by atoms with E-state index in [1.807, 2.05) is 30.3 Å². The van der Waals surface area contributed by atoms with E-state index in [4.69, 9.17) is 16.3 Å². The van der Waals surface area contributed by atoms with Crippen molar-refractivity contribution in [2.45, 2.75) is 0 Å². The van der Waals surface area contributed by atoms with Crippen LogP contribution >= 0.6 is 11.6 Å². The summed E-state index contributed by atoms with van der Waals surface area (Å²) in [6.45, 7) is 0. The highest BCUT2D eigenvalue weighted by Crippen LogP contribution is 2.32. The van der Waals surface area contributed by atoms with Gasteiger partial charge in [0.1, 0.15) is 5.75 Å². The second-order valence-electron chi connectivity index (χ2n) is 4.45. The van der Waals surface area contributed by atoms with Gasteiger partial charge in [-0.15, -0.1) is 0 Å². The molecule has 4 heteroatoms. The highest BCUT2D eigenvalue weighted by molar-refractivity contribution is 6.31. The molecule has 0 amide bonds. The number of hydrogen-bond donors (Lipinski definition) is 1. The minimum Gasteiger partial charge on any atom is -0.497 e. The molecule has 1 heterocycles. The Morgan fingerprint density at radius 1 is 1.20 bits per heavy atom. The molecule has 20 heavy (non-hydrogen) atoms. The highest BCUT2D eigenvalue weighted by atomic mass is 35.5. The summed E-state index contributed by atoms with van der Waals surface area (Å²) in [7, 11) is 1.62. The SMILES string of the molecule is COc1cccc(-c2[nH]c3ccc(Cl)cc3c2C=O)c1. The smallest absolute Gasteiger partial charge is 0.152 e. The number of hydrogen-bond acceptors (Lipinski definition) is 2. The van der Waals surface area contributed by atoms with Gasteiger partial charge in [-0.25, -0.2) is 0 Å². The lowest BCUT2D eigenvalue weighted by molar-refractivity contribution is 0.112. The number of carbonyl (C=O) groups excluding carboxylic acids is 1. The van der Waals surface area contributed by atoms with Crippen molar-refractivity contribution in [3.8, 4) is 17.0 Å². The molecule has 100 valence electrons.